The molecule has 1 aromatic rings. The van der Waals surface area contributed by atoms with Gasteiger partial charge in [-0.25, -0.2) is 4.98 Å². The Bertz CT molecular complexity index is 287. The summed E-state index contributed by atoms with van der Waals surface area (Å²) in [7, 11) is 2.05. The lowest BCUT2D eigenvalue weighted by molar-refractivity contribution is 0.341. The maximum absolute atomic E-state index is 4.11. The van der Waals surface area contributed by atoms with Crippen molar-refractivity contribution in [3.63, 3.8) is 0 Å². The summed E-state index contributed by atoms with van der Waals surface area (Å²) in [5, 5.41) is 3.54. The first-order chi connectivity index (χ1) is 7.36. The molecule has 1 saturated carbocycles. The summed E-state index contributed by atoms with van der Waals surface area (Å²) in [4.78, 5) is 4.11. The van der Waals surface area contributed by atoms with Crippen LogP contribution in [0.2, 0.25) is 0 Å². The zero-order chi connectivity index (χ0) is 10.5. The molecule has 0 bridgehead atoms. The van der Waals surface area contributed by atoms with Crippen molar-refractivity contribution in [3.05, 3.63) is 18.2 Å². The topological polar surface area (TPSA) is 29.9 Å². The molecule has 2 rings (SSSR count). The van der Waals surface area contributed by atoms with Gasteiger partial charge in [-0.3, -0.25) is 0 Å². The van der Waals surface area contributed by atoms with E-state index in [0.29, 0.717) is 0 Å². The largest absolute Gasteiger partial charge is 0.337 e. The van der Waals surface area contributed by atoms with Gasteiger partial charge in [0.25, 0.3) is 0 Å². The Labute approximate surface area is 91.9 Å². The van der Waals surface area contributed by atoms with Crippen LogP contribution in [-0.4, -0.2) is 16.1 Å². The van der Waals surface area contributed by atoms with Gasteiger partial charge in [0.05, 0.1) is 12.0 Å². The van der Waals surface area contributed by atoms with Gasteiger partial charge in [-0.2, -0.15) is 0 Å². The van der Waals surface area contributed by atoms with Crippen LogP contribution >= 0.6 is 0 Å². The molecule has 0 aliphatic heterocycles. The molecule has 0 atom stereocenters. The van der Waals surface area contributed by atoms with E-state index in [1.165, 1.54) is 44.3 Å². The monoisotopic (exact) mass is 207 g/mol. The second-order valence-electron chi connectivity index (χ2n) is 4.63. The Hall–Kier alpha value is -0.830. The van der Waals surface area contributed by atoms with Crippen LogP contribution in [0.25, 0.3) is 0 Å². The standard InChI is InChI=1S/C12H21N3/c1-15-10-14-9-12(15)8-13-7-11-5-3-2-4-6-11/h9-11,13H,2-8H2,1H3. The minimum Gasteiger partial charge on any atom is -0.337 e. The number of rotatable bonds is 4. The number of hydrogen-bond acceptors (Lipinski definition) is 2. The van der Waals surface area contributed by atoms with Crippen LogP contribution in [0.4, 0.5) is 0 Å². The molecule has 0 aromatic carbocycles. The Kier molecular flexibility index (Phi) is 3.78. The second-order valence-corrected chi connectivity index (χ2v) is 4.63. The maximum Gasteiger partial charge on any atom is 0.0945 e. The average Bonchev–Trinajstić information content (AvgIpc) is 2.66. The third-order valence-corrected chi connectivity index (χ3v) is 3.38. The molecule has 1 aliphatic carbocycles. The molecular formula is C12H21N3. The predicted molar refractivity (Wildman–Crippen MR) is 61.5 cm³/mol. The molecule has 84 valence electrons. The lowest BCUT2D eigenvalue weighted by atomic mass is 9.89. The van der Waals surface area contributed by atoms with Gasteiger partial charge in [-0.1, -0.05) is 19.3 Å². The highest BCUT2D eigenvalue weighted by molar-refractivity contribution is 4.96. The highest BCUT2D eigenvalue weighted by Crippen LogP contribution is 2.22. The molecule has 1 aliphatic rings. The first kappa shape index (κ1) is 10.7. The highest BCUT2D eigenvalue weighted by Gasteiger charge is 2.12. The van der Waals surface area contributed by atoms with E-state index in [4.69, 9.17) is 0 Å². The van der Waals surface area contributed by atoms with Crippen molar-refractivity contribution >= 4 is 0 Å². The van der Waals surface area contributed by atoms with Gasteiger partial charge in [0.15, 0.2) is 0 Å². The van der Waals surface area contributed by atoms with E-state index in [1.54, 1.807) is 0 Å². The van der Waals surface area contributed by atoms with Gasteiger partial charge in [0.2, 0.25) is 0 Å². The Morgan fingerprint density at radius 3 is 2.87 bits per heavy atom. The second kappa shape index (κ2) is 5.31. The molecule has 15 heavy (non-hydrogen) atoms. The van der Waals surface area contributed by atoms with E-state index < -0.39 is 0 Å². The molecule has 1 heterocycles. The van der Waals surface area contributed by atoms with Gasteiger partial charge >= 0.3 is 0 Å². The third kappa shape index (κ3) is 3.06. The number of hydrogen-bond donors (Lipinski definition) is 1. The lowest BCUT2D eigenvalue weighted by Crippen LogP contribution is -2.24. The summed E-state index contributed by atoms with van der Waals surface area (Å²) in [5.74, 6) is 0.909. The van der Waals surface area contributed by atoms with Crippen LogP contribution in [0.15, 0.2) is 12.5 Å². The van der Waals surface area contributed by atoms with Crippen molar-refractivity contribution in [2.75, 3.05) is 6.54 Å². The number of aryl methyl sites for hydroxylation is 1. The van der Waals surface area contributed by atoms with Gasteiger partial charge in [0, 0.05) is 19.8 Å². The van der Waals surface area contributed by atoms with Gasteiger partial charge in [-0.05, 0) is 25.3 Å². The zero-order valence-corrected chi connectivity index (χ0v) is 9.58. The van der Waals surface area contributed by atoms with Crippen LogP contribution in [0.1, 0.15) is 37.8 Å². The average molecular weight is 207 g/mol. The van der Waals surface area contributed by atoms with Gasteiger partial charge in [-0.15, -0.1) is 0 Å². The fourth-order valence-corrected chi connectivity index (χ4v) is 2.35. The zero-order valence-electron chi connectivity index (χ0n) is 9.58. The highest BCUT2D eigenvalue weighted by atomic mass is 15.0. The summed E-state index contributed by atoms with van der Waals surface area (Å²) in [5.41, 5.74) is 1.27. The van der Waals surface area contributed by atoms with E-state index in [0.717, 1.165) is 12.5 Å². The summed E-state index contributed by atoms with van der Waals surface area (Å²) in [6.45, 7) is 2.12. The molecule has 0 spiro atoms. The Balaban J connectivity index is 1.68. The van der Waals surface area contributed by atoms with Gasteiger partial charge in [0.1, 0.15) is 0 Å². The van der Waals surface area contributed by atoms with Crippen molar-refractivity contribution in [1.82, 2.24) is 14.9 Å². The van der Waals surface area contributed by atoms with Crippen LogP contribution in [0.3, 0.4) is 0 Å². The molecule has 1 N–H and O–H groups in total. The molecule has 0 radical (unpaired) electrons. The van der Waals surface area contributed by atoms with Crippen molar-refractivity contribution in [2.45, 2.75) is 38.6 Å². The summed E-state index contributed by atoms with van der Waals surface area (Å²) >= 11 is 0. The van der Waals surface area contributed by atoms with Crippen molar-refractivity contribution in [2.24, 2.45) is 13.0 Å². The number of nitrogens with one attached hydrogen (secondary N) is 1. The van der Waals surface area contributed by atoms with E-state index in [2.05, 4.69) is 14.9 Å². The summed E-state index contributed by atoms with van der Waals surface area (Å²) in [6.07, 6.45) is 10.9. The molecule has 3 heteroatoms. The van der Waals surface area contributed by atoms with E-state index >= 15 is 0 Å². The van der Waals surface area contributed by atoms with Crippen molar-refractivity contribution in [1.29, 1.82) is 0 Å². The normalized spacial score (nSPS) is 18.2. The fraction of sp³-hybridized carbons (Fsp3) is 0.750. The third-order valence-electron chi connectivity index (χ3n) is 3.38. The summed E-state index contributed by atoms with van der Waals surface area (Å²) < 4.78 is 2.08. The molecular weight excluding hydrogens is 186 g/mol. The molecule has 0 amide bonds. The smallest absolute Gasteiger partial charge is 0.0945 e. The Morgan fingerprint density at radius 2 is 2.20 bits per heavy atom. The number of imidazole rings is 1. The predicted octanol–water partition coefficient (Wildman–Crippen LogP) is 2.09. The Morgan fingerprint density at radius 1 is 1.40 bits per heavy atom. The number of nitrogens with zero attached hydrogens (tertiary/aromatic N) is 2. The van der Waals surface area contributed by atoms with Crippen LogP contribution < -0.4 is 5.32 Å². The van der Waals surface area contributed by atoms with Crippen LogP contribution in [0.5, 0.6) is 0 Å². The molecule has 3 nitrogen and oxygen atoms in total. The first-order valence-electron chi connectivity index (χ1n) is 6.02. The lowest BCUT2D eigenvalue weighted by Gasteiger charge is -2.21. The minimum absolute atomic E-state index is 0.909. The fourth-order valence-electron chi connectivity index (χ4n) is 2.35. The first-order valence-corrected chi connectivity index (χ1v) is 6.02. The van der Waals surface area contributed by atoms with Crippen molar-refractivity contribution < 1.29 is 0 Å². The van der Waals surface area contributed by atoms with Crippen LogP contribution in [0, 0.1) is 5.92 Å². The van der Waals surface area contributed by atoms with Gasteiger partial charge < -0.3 is 9.88 Å². The van der Waals surface area contributed by atoms with E-state index in [9.17, 15) is 0 Å². The molecule has 0 saturated heterocycles. The quantitative estimate of drug-likeness (QED) is 0.819. The van der Waals surface area contributed by atoms with Crippen molar-refractivity contribution in [3.8, 4) is 0 Å². The van der Waals surface area contributed by atoms with E-state index in [1.807, 2.05) is 19.6 Å². The molecule has 0 unspecified atom stereocenters. The number of aromatic nitrogens is 2. The minimum atomic E-state index is 0.909. The molecule has 1 fully saturated rings. The van der Waals surface area contributed by atoms with Crippen LogP contribution in [-0.2, 0) is 13.6 Å². The molecule has 1 aromatic heterocycles. The SMILES string of the molecule is Cn1cncc1CNCC1CCCCC1. The maximum atomic E-state index is 4.11. The van der Waals surface area contributed by atoms with E-state index in [-0.39, 0.29) is 0 Å². The summed E-state index contributed by atoms with van der Waals surface area (Å²) in [6, 6.07) is 0.